The number of hydrogen-bond acceptors (Lipinski definition) is 3. The second-order valence-electron chi connectivity index (χ2n) is 1.98. The van der Waals surface area contributed by atoms with Crippen LogP contribution >= 0.6 is 12.6 Å². The fraction of sp³-hybridized carbons (Fsp3) is 0.143. The van der Waals surface area contributed by atoms with Gasteiger partial charge in [0.1, 0.15) is 5.69 Å². The Labute approximate surface area is 69.5 Å². The molecule has 0 atom stereocenters. The highest BCUT2D eigenvalue weighted by Gasteiger charge is 2.02. The summed E-state index contributed by atoms with van der Waals surface area (Å²) in [5, 5.41) is 8.52. The minimum absolute atomic E-state index is 0.0663. The summed E-state index contributed by atoms with van der Waals surface area (Å²) < 4.78 is 0. The molecule has 4 heteroatoms. The Morgan fingerprint density at radius 2 is 2.36 bits per heavy atom. The summed E-state index contributed by atoms with van der Waals surface area (Å²) in [6.07, 6.45) is 0. The molecule has 0 aliphatic rings. The molecule has 0 spiro atoms. The van der Waals surface area contributed by atoms with Crippen LogP contribution in [0.5, 0.6) is 0 Å². The molecule has 0 saturated carbocycles. The van der Waals surface area contributed by atoms with Crippen LogP contribution in [0.2, 0.25) is 0 Å². The molecule has 0 aliphatic heterocycles. The summed E-state index contributed by atoms with van der Waals surface area (Å²) in [6.45, 7) is 0. The summed E-state index contributed by atoms with van der Waals surface area (Å²) in [4.78, 5) is 14.2. The van der Waals surface area contributed by atoms with Crippen LogP contribution in [0, 0.1) is 0 Å². The first-order chi connectivity index (χ1) is 5.24. The monoisotopic (exact) mass is 169 g/mol. The van der Waals surface area contributed by atoms with Gasteiger partial charge in [-0.2, -0.15) is 12.6 Å². The van der Waals surface area contributed by atoms with Crippen LogP contribution in [0.3, 0.4) is 0 Å². The molecule has 0 fully saturated rings. The van der Waals surface area contributed by atoms with Crippen molar-refractivity contribution >= 4 is 18.6 Å². The van der Waals surface area contributed by atoms with Gasteiger partial charge >= 0.3 is 5.97 Å². The van der Waals surface area contributed by atoms with Crippen LogP contribution in [0.1, 0.15) is 16.2 Å². The third-order valence-electron chi connectivity index (χ3n) is 1.19. The van der Waals surface area contributed by atoms with Gasteiger partial charge < -0.3 is 5.11 Å². The number of hydrogen-bond donors (Lipinski definition) is 2. The van der Waals surface area contributed by atoms with Crippen molar-refractivity contribution in [3.8, 4) is 0 Å². The summed E-state index contributed by atoms with van der Waals surface area (Å²) >= 11 is 3.97. The smallest absolute Gasteiger partial charge is 0.354 e. The first-order valence-corrected chi connectivity index (χ1v) is 3.67. The molecule has 0 aliphatic carbocycles. The Morgan fingerprint density at radius 3 is 2.91 bits per heavy atom. The molecular weight excluding hydrogens is 162 g/mol. The quantitative estimate of drug-likeness (QED) is 0.654. The highest BCUT2D eigenvalue weighted by molar-refractivity contribution is 7.79. The van der Waals surface area contributed by atoms with Gasteiger partial charge in [0.25, 0.3) is 0 Å². The normalized spacial score (nSPS) is 9.55. The predicted octanol–water partition coefficient (Wildman–Crippen LogP) is 1.21. The van der Waals surface area contributed by atoms with Gasteiger partial charge in [0.2, 0.25) is 0 Å². The second kappa shape index (κ2) is 3.39. The average Bonchev–Trinajstić information content (AvgIpc) is 2.05. The average molecular weight is 169 g/mol. The molecule has 0 bridgehead atoms. The van der Waals surface area contributed by atoms with Crippen LogP contribution in [0.15, 0.2) is 18.2 Å². The van der Waals surface area contributed by atoms with Crippen molar-refractivity contribution in [1.29, 1.82) is 0 Å². The van der Waals surface area contributed by atoms with Crippen LogP contribution in [0.25, 0.3) is 0 Å². The molecular formula is C7H7NO2S. The predicted molar refractivity (Wildman–Crippen MR) is 43.9 cm³/mol. The zero-order chi connectivity index (χ0) is 8.27. The van der Waals surface area contributed by atoms with Crippen molar-refractivity contribution in [3.63, 3.8) is 0 Å². The lowest BCUT2D eigenvalue weighted by molar-refractivity contribution is 0.0690. The van der Waals surface area contributed by atoms with Crippen molar-refractivity contribution in [2.24, 2.45) is 0 Å². The van der Waals surface area contributed by atoms with Crippen LogP contribution < -0.4 is 0 Å². The maximum atomic E-state index is 10.4. The van der Waals surface area contributed by atoms with Gasteiger partial charge in [0.15, 0.2) is 0 Å². The van der Waals surface area contributed by atoms with E-state index in [0.29, 0.717) is 11.4 Å². The van der Waals surface area contributed by atoms with E-state index in [0.717, 1.165) is 0 Å². The van der Waals surface area contributed by atoms with Crippen molar-refractivity contribution in [2.75, 3.05) is 0 Å². The van der Waals surface area contributed by atoms with E-state index in [1.807, 2.05) is 0 Å². The fourth-order valence-corrected chi connectivity index (χ4v) is 0.863. The van der Waals surface area contributed by atoms with Crippen molar-refractivity contribution in [3.05, 3.63) is 29.6 Å². The third kappa shape index (κ3) is 1.94. The number of carboxylic acids is 1. The molecule has 1 aromatic heterocycles. The Kier molecular flexibility index (Phi) is 2.48. The van der Waals surface area contributed by atoms with Gasteiger partial charge in [-0.15, -0.1) is 0 Å². The number of carboxylic acid groups (broad SMARTS) is 1. The Balaban J connectivity index is 3.01. The molecule has 1 N–H and O–H groups in total. The van der Waals surface area contributed by atoms with Gasteiger partial charge in [0, 0.05) is 5.75 Å². The van der Waals surface area contributed by atoms with Gasteiger partial charge in [-0.1, -0.05) is 6.07 Å². The number of carbonyl (C=O) groups is 1. The minimum atomic E-state index is -1.01. The lowest BCUT2D eigenvalue weighted by Crippen LogP contribution is -2.01. The van der Waals surface area contributed by atoms with Gasteiger partial charge in [0.05, 0.1) is 5.69 Å². The van der Waals surface area contributed by atoms with Crippen LogP contribution in [-0.4, -0.2) is 16.1 Å². The fourth-order valence-electron chi connectivity index (χ4n) is 0.687. The van der Waals surface area contributed by atoms with Crippen LogP contribution in [-0.2, 0) is 5.75 Å². The molecule has 1 rings (SSSR count). The summed E-state index contributed by atoms with van der Waals surface area (Å²) in [5.41, 5.74) is 0.741. The Morgan fingerprint density at radius 1 is 1.64 bits per heavy atom. The largest absolute Gasteiger partial charge is 0.477 e. The Bertz CT molecular complexity index is 275. The van der Waals surface area contributed by atoms with E-state index < -0.39 is 5.97 Å². The van der Waals surface area contributed by atoms with Gasteiger partial charge in [-0.3, -0.25) is 0 Å². The molecule has 58 valence electrons. The molecule has 11 heavy (non-hydrogen) atoms. The van der Waals surface area contributed by atoms with E-state index in [4.69, 9.17) is 5.11 Å². The highest BCUT2D eigenvalue weighted by Crippen LogP contribution is 2.01. The van der Waals surface area contributed by atoms with Gasteiger partial charge in [-0.05, 0) is 12.1 Å². The number of aromatic carboxylic acids is 1. The maximum absolute atomic E-state index is 10.4. The SMILES string of the molecule is O=C(O)c1cccc(CS)n1. The van der Waals surface area contributed by atoms with E-state index in [1.54, 1.807) is 12.1 Å². The number of aromatic nitrogens is 1. The molecule has 1 aromatic rings. The summed E-state index contributed by atoms with van der Waals surface area (Å²) in [5.74, 6) is -0.546. The second-order valence-corrected chi connectivity index (χ2v) is 2.29. The zero-order valence-electron chi connectivity index (χ0n) is 5.69. The van der Waals surface area contributed by atoms with Crippen LogP contribution in [0.4, 0.5) is 0 Å². The van der Waals surface area contributed by atoms with Crippen molar-refractivity contribution in [1.82, 2.24) is 4.98 Å². The molecule has 3 nitrogen and oxygen atoms in total. The maximum Gasteiger partial charge on any atom is 0.354 e. The molecule has 0 aromatic carbocycles. The first-order valence-electron chi connectivity index (χ1n) is 3.04. The lowest BCUT2D eigenvalue weighted by atomic mass is 10.3. The van der Waals surface area contributed by atoms with E-state index in [2.05, 4.69) is 17.6 Å². The number of pyridine rings is 1. The third-order valence-corrected chi connectivity index (χ3v) is 1.51. The van der Waals surface area contributed by atoms with E-state index in [9.17, 15) is 4.79 Å². The van der Waals surface area contributed by atoms with E-state index in [1.165, 1.54) is 6.07 Å². The Hall–Kier alpha value is -1.03. The molecule has 0 unspecified atom stereocenters. The van der Waals surface area contributed by atoms with Gasteiger partial charge in [-0.25, -0.2) is 9.78 Å². The number of rotatable bonds is 2. The van der Waals surface area contributed by atoms with Crippen molar-refractivity contribution < 1.29 is 9.90 Å². The highest BCUT2D eigenvalue weighted by atomic mass is 32.1. The zero-order valence-corrected chi connectivity index (χ0v) is 6.58. The van der Waals surface area contributed by atoms with E-state index >= 15 is 0 Å². The molecule has 1 heterocycles. The number of nitrogens with zero attached hydrogens (tertiary/aromatic N) is 1. The lowest BCUT2D eigenvalue weighted by Gasteiger charge is -1.95. The molecule has 0 radical (unpaired) electrons. The van der Waals surface area contributed by atoms with Crippen molar-refractivity contribution in [2.45, 2.75) is 5.75 Å². The summed E-state index contributed by atoms with van der Waals surface area (Å²) in [7, 11) is 0. The molecule has 0 saturated heterocycles. The topological polar surface area (TPSA) is 50.2 Å². The number of thiol groups is 1. The molecule has 0 amide bonds. The van der Waals surface area contributed by atoms with E-state index in [-0.39, 0.29) is 5.69 Å². The first kappa shape index (κ1) is 8.07. The summed E-state index contributed by atoms with van der Waals surface area (Å²) in [6, 6.07) is 4.84. The standard InChI is InChI=1S/C7H7NO2S/c9-7(10)6-3-1-2-5(4-11)8-6/h1-3,11H,4H2,(H,9,10). The minimum Gasteiger partial charge on any atom is -0.477 e.